The molecule has 0 saturated carbocycles. The first-order valence-electron chi connectivity index (χ1n) is 6.17. The molecule has 2 N–H and O–H groups in total. The first kappa shape index (κ1) is 16.2. The highest BCUT2D eigenvalue weighted by Crippen LogP contribution is 2.20. The maximum absolute atomic E-state index is 11.7. The number of rotatable bonds is 4. The van der Waals surface area contributed by atoms with Crippen LogP contribution in [-0.4, -0.2) is 31.3 Å². The van der Waals surface area contributed by atoms with Crippen LogP contribution < -0.4 is 10.6 Å². The summed E-state index contributed by atoms with van der Waals surface area (Å²) in [5.74, 6) is 0. The number of hydrogen-bond donors (Lipinski definition) is 2. The molecule has 1 atom stereocenters. The van der Waals surface area contributed by atoms with Gasteiger partial charge < -0.3 is 15.4 Å². The van der Waals surface area contributed by atoms with Crippen LogP contribution in [0, 0.1) is 5.41 Å². The molecule has 0 unspecified atom stereocenters. The zero-order chi connectivity index (χ0) is 13.7. The largest absolute Gasteiger partial charge is 0.444 e. The second kappa shape index (κ2) is 6.24. The van der Waals surface area contributed by atoms with Crippen molar-refractivity contribution in [3.63, 3.8) is 0 Å². The summed E-state index contributed by atoms with van der Waals surface area (Å²) in [5, 5.41) is 6.00. The summed E-state index contributed by atoms with van der Waals surface area (Å²) in [4.78, 5) is 11.7. The molecule has 0 spiro atoms. The van der Waals surface area contributed by atoms with Crippen LogP contribution in [0.1, 0.15) is 48.0 Å². The van der Waals surface area contributed by atoms with Crippen LogP contribution in [0.3, 0.4) is 0 Å². The third kappa shape index (κ3) is 10.1. The second-order valence-electron chi connectivity index (χ2n) is 6.67. The number of likely N-dealkylation sites (N-methyl/N-ethyl adjacent to an activating group) is 1. The number of amides is 1. The van der Waals surface area contributed by atoms with Gasteiger partial charge in [-0.25, -0.2) is 4.79 Å². The Labute approximate surface area is 105 Å². The minimum absolute atomic E-state index is 0.0925. The van der Waals surface area contributed by atoms with E-state index in [9.17, 15) is 4.79 Å². The van der Waals surface area contributed by atoms with Crippen molar-refractivity contribution in [3.05, 3.63) is 0 Å². The quantitative estimate of drug-likeness (QED) is 0.799. The van der Waals surface area contributed by atoms with Crippen molar-refractivity contribution in [2.75, 3.05) is 13.6 Å². The third-order valence-corrected chi connectivity index (χ3v) is 2.03. The van der Waals surface area contributed by atoms with Gasteiger partial charge in [0.25, 0.3) is 0 Å². The van der Waals surface area contributed by atoms with Crippen molar-refractivity contribution in [2.45, 2.75) is 59.6 Å². The number of carbonyl (C=O) groups is 1. The Morgan fingerprint density at radius 3 is 2.06 bits per heavy atom. The van der Waals surface area contributed by atoms with E-state index >= 15 is 0 Å². The highest BCUT2D eigenvalue weighted by Gasteiger charge is 2.22. The second-order valence-corrected chi connectivity index (χ2v) is 6.67. The molecule has 0 aromatic carbocycles. The first-order valence-corrected chi connectivity index (χ1v) is 6.17. The van der Waals surface area contributed by atoms with Crippen molar-refractivity contribution in [2.24, 2.45) is 5.41 Å². The smallest absolute Gasteiger partial charge is 0.407 e. The standard InChI is InChI=1S/C13H28N2O2/c1-12(2,3)8-10(9-14-7)15-11(16)17-13(4,5)6/h10,14H,8-9H2,1-7H3,(H,15,16)/t10-/m0/s1. The van der Waals surface area contributed by atoms with Crippen LogP contribution >= 0.6 is 0 Å². The van der Waals surface area contributed by atoms with Crippen LogP contribution in [0.2, 0.25) is 0 Å². The normalized spacial score (nSPS) is 14.3. The summed E-state index contributed by atoms with van der Waals surface area (Å²) < 4.78 is 5.25. The van der Waals surface area contributed by atoms with Crippen molar-refractivity contribution < 1.29 is 9.53 Å². The third-order valence-electron chi connectivity index (χ3n) is 2.03. The molecule has 0 aromatic heterocycles. The van der Waals surface area contributed by atoms with E-state index in [-0.39, 0.29) is 17.6 Å². The van der Waals surface area contributed by atoms with Gasteiger partial charge in [0.2, 0.25) is 0 Å². The maximum Gasteiger partial charge on any atom is 0.407 e. The summed E-state index contributed by atoms with van der Waals surface area (Å²) in [7, 11) is 1.88. The molecule has 1 amide bonds. The number of nitrogens with one attached hydrogen (secondary N) is 2. The Kier molecular flexibility index (Phi) is 5.96. The molecule has 0 aromatic rings. The Hall–Kier alpha value is -0.770. The Bertz CT molecular complexity index is 239. The topological polar surface area (TPSA) is 50.4 Å². The van der Waals surface area contributed by atoms with Gasteiger partial charge >= 0.3 is 6.09 Å². The lowest BCUT2D eigenvalue weighted by atomic mass is 9.88. The van der Waals surface area contributed by atoms with Crippen LogP contribution in [0.25, 0.3) is 0 Å². The zero-order valence-corrected chi connectivity index (χ0v) is 12.3. The van der Waals surface area contributed by atoms with Gasteiger partial charge in [-0.1, -0.05) is 20.8 Å². The van der Waals surface area contributed by atoms with Gasteiger partial charge in [-0.15, -0.1) is 0 Å². The average molecular weight is 244 g/mol. The molecule has 0 aliphatic rings. The van der Waals surface area contributed by atoms with Crippen molar-refractivity contribution in [1.29, 1.82) is 0 Å². The Morgan fingerprint density at radius 2 is 1.71 bits per heavy atom. The summed E-state index contributed by atoms with van der Waals surface area (Å²) in [6.07, 6.45) is 0.564. The first-order chi connectivity index (χ1) is 7.53. The summed E-state index contributed by atoms with van der Waals surface area (Å²) in [6.45, 7) is 12.8. The van der Waals surface area contributed by atoms with E-state index in [0.29, 0.717) is 0 Å². The van der Waals surface area contributed by atoms with E-state index in [4.69, 9.17) is 4.74 Å². The van der Waals surface area contributed by atoms with E-state index < -0.39 is 5.60 Å². The van der Waals surface area contributed by atoms with Gasteiger partial charge in [0.15, 0.2) is 0 Å². The molecule has 0 saturated heterocycles. The fraction of sp³-hybridized carbons (Fsp3) is 0.923. The minimum Gasteiger partial charge on any atom is -0.444 e. The molecule has 0 radical (unpaired) electrons. The zero-order valence-electron chi connectivity index (χ0n) is 12.3. The summed E-state index contributed by atoms with van der Waals surface area (Å²) >= 11 is 0. The van der Waals surface area contributed by atoms with Gasteiger partial charge in [-0.3, -0.25) is 0 Å². The minimum atomic E-state index is -0.448. The summed E-state index contributed by atoms with van der Waals surface area (Å²) in [6, 6.07) is 0.0925. The molecule has 4 heteroatoms. The van der Waals surface area contributed by atoms with Crippen molar-refractivity contribution in [1.82, 2.24) is 10.6 Å². The molecule has 17 heavy (non-hydrogen) atoms. The summed E-state index contributed by atoms with van der Waals surface area (Å²) in [5.41, 5.74) is -0.271. The maximum atomic E-state index is 11.7. The molecular weight excluding hydrogens is 216 g/mol. The van der Waals surface area contributed by atoms with Gasteiger partial charge in [-0.05, 0) is 39.7 Å². The predicted molar refractivity (Wildman–Crippen MR) is 71.2 cm³/mol. The van der Waals surface area contributed by atoms with E-state index in [1.54, 1.807) is 0 Å². The van der Waals surface area contributed by atoms with Gasteiger partial charge in [0.1, 0.15) is 5.60 Å². The van der Waals surface area contributed by atoms with E-state index in [2.05, 4.69) is 31.4 Å². The molecule has 4 nitrogen and oxygen atoms in total. The van der Waals surface area contributed by atoms with Gasteiger partial charge in [0.05, 0.1) is 0 Å². The highest BCUT2D eigenvalue weighted by atomic mass is 16.6. The van der Waals surface area contributed by atoms with Crippen LogP contribution in [0.5, 0.6) is 0 Å². The molecule has 0 fully saturated rings. The number of alkyl carbamates (subject to hydrolysis) is 1. The van der Waals surface area contributed by atoms with E-state index in [1.807, 2.05) is 27.8 Å². The molecule has 0 bridgehead atoms. The molecule has 0 heterocycles. The SMILES string of the molecule is CNC[C@H](CC(C)(C)C)NC(=O)OC(C)(C)C. The van der Waals surface area contributed by atoms with E-state index in [0.717, 1.165) is 13.0 Å². The lowest BCUT2D eigenvalue weighted by molar-refractivity contribution is 0.0493. The van der Waals surface area contributed by atoms with E-state index in [1.165, 1.54) is 0 Å². The number of hydrogen-bond acceptors (Lipinski definition) is 3. The highest BCUT2D eigenvalue weighted by molar-refractivity contribution is 5.68. The molecule has 102 valence electrons. The number of carbonyl (C=O) groups excluding carboxylic acids is 1. The van der Waals surface area contributed by atoms with Crippen LogP contribution in [-0.2, 0) is 4.74 Å². The lowest BCUT2D eigenvalue weighted by Gasteiger charge is -2.28. The average Bonchev–Trinajstić information content (AvgIpc) is 1.95. The monoisotopic (exact) mass is 244 g/mol. The molecular formula is C13H28N2O2. The Morgan fingerprint density at radius 1 is 1.18 bits per heavy atom. The van der Waals surface area contributed by atoms with Crippen molar-refractivity contribution >= 4 is 6.09 Å². The fourth-order valence-electron chi connectivity index (χ4n) is 1.63. The van der Waals surface area contributed by atoms with Crippen LogP contribution in [0.15, 0.2) is 0 Å². The molecule has 0 rings (SSSR count). The fourth-order valence-corrected chi connectivity index (χ4v) is 1.63. The lowest BCUT2D eigenvalue weighted by Crippen LogP contribution is -2.45. The van der Waals surface area contributed by atoms with Crippen molar-refractivity contribution in [3.8, 4) is 0 Å². The number of ether oxygens (including phenoxy) is 1. The van der Waals surface area contributed by atoms with Crippen LogP contribution in [0.4, 0.5) is 4.79 Å². The Balaban J connectivity index is 4.30. The molecule has 0 aliphatic carbocycles. The van der Waals surface area contributed by atoms with Gasteiger partial charge in [-0.2, -0.15) is 0 Å². The van der Waals surface area contributed by atoms with Gasteiger partial charge in [0, 0.05) is 12.6 Å². The molecule has 0 aliphatic heterocycles. The predicted octanol–water partition coefficient (Wildman–Crippen LogP) is 2.54.